The standard InChI is InChI=1S/C22H15N3O3S/c1-27-17-6-2-4-14-12-18(28-19(14)17)20(26)24-15-9-7-13(8-10-15)21-25-16-5-3-11-23-22(16)29-21/h2-12H,1H3,(H,24,26). The molecule has 0 unspecified atom stereocenters. The smallest absolute Gasteiger partial charge is 0.291 e. The van der Waals surface area contributed by atoms with Crippen molar-refractivity contribution in [3.05, 3.63) is 72.6 Å². The molecule has 3 aromatic heterocycles. The summed E-state index contributed by atoms with van der Waals surface area (Å²) in [5.74, 6) is 0.502. The third kappa shape index (κ3) is 3.21. The Morgan fingerprint density at radius 1 is 1.10 bits per heavy atom. The van der Waals surface area contributed by atoms with Crippen LogP contribution in [0, 0.1) is 0 Å². The molecule has 5 rings (SSSR count). The highest BCUT2D eigenvalue weighted by Gasteiger charge is 2.15. The molecule has 142 valence electrons. The number of benzene rings is 2. The van der Waals surface area contributed by atoms with Gasteiger partial charge in [-0.15, -0.1) is 0 Å². The number of fused-ring (bicyclic) bond motifs is 2. The van der Waals surface area contributed by atoms with Crippen molar-refractivity contribution < 1.29 is 13.9 Å². The van der Waals surface area contributed by atoms with E-state index >= 15 is 0 Å². The summed E-state index contributed by atoms with van der Waals surface area (Å²) < 4.78 is 11.0. The summed E-state index contributed by atoms with van der Waals surface area (Å²) in [6.45, 7) is 0. The van der Waals surface area contributed by atoms with Gasteiger partial charge in [0.15, 0.2) is 17.1 Å². The van der Waals surface area contributed by atoms with Crippen LogP contribution in [0.4, 0.5) is 5.69 Å². The number of hydrogen-bond donors (Lipinski definition) is 1. The van der Waals surface area contributed by atoms with Gasteiger partial charge in [-0.1, -0.05) is 23.5 Å². The third-order valence-electron chi connectivity index (χ3n) is 4.51. The fraction of sp³-hybridized carbons (Fsp3) is 0.0455. The molecule has 0 saturated heterocycles. The molecule has 0 fully saturated rings. The molecule has 29 heavy (non-hydrogen) atoms. The van der Waals surface area contributed by atoms with Crippen molar-refractivity contribution in [2.24, 2.45) is 0 Å². The maximum absolute atomic E-state index is 12.6. The van der Waals surface area contributed by atoms with E-state index in [1.165, 1.54) is 11.3 Å². The number of methoxy groups -OCH3 is 1. The van der Waals surface area contributed by atoms with Crippen LogP contribution in [0.3, 0.4) is 0 Å². The first-order valence-corrected chi connectivity index (χ1v) is 9.73. The van der Waals surface area contributed by atoms with Crippen LogP contribution < -0.4 is 10.1 Å². The Kier molecular flexibility index (Phi) is 4.22. The molecule has 2 aromatic carbocycles. The summed E-state index contributed by atoms with van der Waals surface area (Å²) in [4.78, 5) is 22.4. The minimum absolute atomic E-state index is 0.228. The van der Waals surface area contributed by atoms with Crippen LogP contribution in [0.25, 0.3) is 31.9 Å². The predicted octanol–water partition coefficient (Wildman–Crippen LogP) is 5.37. The molecule has 0 bridgehead atoms. The van der Waals surface area contributed by atoms with Crippen LogP contribution in [0.2, 0.25) is 0 Å². The highest BCUT2D eigenvalue weighted by atomic mass is 32.1. The summed E-state index contributed by atoms with van der Waals surface area (Å²) >= 11 is 1.54. The third-order valence-corrected chi connectivity index (χ3v) is 5.54. The minimum Gasteiger partial charge on any atom is -0.493 e. The number of thiazole rings is 1. The number of pyridine rings is 1. The molecule has 0 aliphatic carbocycles. The van der Waals surface area contributed by atoms with Crippen molar-refractivity contribution in [2.75, 3.05) is 12.4 Å². The Morgan fingerprint density at radius 3 is 2.76 bits per heavy atom. The molecule has 0 spiro atoms. The largest absolute Gasteiger partial charge is 0.493 e. The Morgan fingerprint density at radius 2 is 1.97 bits per heavy atom. The van der Waals surface area contributed by atoms with Crippen molar-refractivity contribution >= 4 is 44.2 Å². The summed E-state index contributed by atoms with van der Waals surface area (Å²) in [5, 5.41) is 4.56. The van der Waals surface area contributed by atoms with Crippen LogP contribution in [0.1, 0.15) is 10.6 Å². The van der Waals surface area contributed by atoms with E-state index in [0.717, 1.165) is 26.3 Å². The van der Waals surface area contributed by atoms with Gasteiger partial charge in [0.2, 0.25) is 0 Å². The lowest BCUT2D eigenvalue weighted by Crippen LogP contribution is -2.10. The predicted molar refractivity (Wildman–Crippen MR) is 114 cm³/mol. The first kappa shape index (κ1) is 17.4. The first-order chi connectivity index (χ1) is 14.2. The fourth-order valence-corrected chi connectivity index (χ4v) is 4.00. The summed E-state index contributed by atoms with van der Waals surface area (Å²) in [6, 6.07) is 18.6. The van der Waals surface area contributed by atoms with Crippen LogP contribution in [-0.4, -0.2) is 23.0 Å². The van der Waals surface area contributed by atoms with Gasteiger partial charge in [0, 0.05) is 22.8 Å². The van der Waals surface area contributed by atoms with E-state index in [1.807, 2.05) is 48.5 Å². The molecule has 0 radical (unpaired) electrons. The molecule has 1 amide bonds. The topological polar surface area (TPSA) is 77.2 Å². The van der Waals surface area contributed by atoms with Crippen LogP contribution in [0.5, 0.6) is 5.75 Å². The van der Waals surface area contributed by atoms with Gasteiger partial charge < -0.3 is 14.5 Å². The Balaban J connectivity index is 1.37. The lowest BCUT2D eigenvalue weighted by molar-refractivity contribution is 0.0998. The number of carbonyl (C=O) groups excluding carboxylic acids is 1. The highest BCUT2D eigenvalue weighted by Crippen LogP contribution is 2.30. The van der Waals surface area contributed by atoms with Gasteiger partial charge in [0.1, 0.15) is 15.4 Å². The van der Waals surface area contributed by atoms with E-state index < -0.39 is 0 Å². The number of para-hydroxylation sites is 1. The summed E-state index contributed by atoms with van der Waals surface area (Å²) in [7, 11) is 1.57. The fourth-order valence-electron chi connectivity index (χ4n) is 3.09. The quantitative estimate of drug-likeness (QED) is 0.438. The van der Waals surface area contributed by atoms with Crippen LogP contribution >= 0.6 is 11.3 Å². The van der Waals surface area contributed by atoms with Crippen LogP contribution in [0.15, 0.2) is 71.3 Å². The van der Waals surface area contributed by atoms with Gasteiger partial charge in [-0.2, -0.15) is 0 Å². The molecular formula is C22H15N3O3S. The number of nitrogens with zero attached hydrogens (tertiary/aromatic N) is 2. The zero-order chi connectivity index (χ0) is 19.8. The van der Waals surface area contributed by atoms with E-state index in [2.05, 4.69) is 15.3 Å². The van der Waals surface area contributed by atoms with Crippen molar-refractivity contribution in [3.63, 3.8) is 0 Å². The summed E-state index contributed by atoms with van der Waals surface area (Å²) in [5.41, 5.74) is 3.08. The number of rotatable bonds is 4. The first-order valence-electron chi connectivity index (χ1n) is 8.91. The Hall–Kier alpha value is -3.71. The van der Waals surface area contributed by atoms with E-state index in [9.17, 15) is 4.79 Å². The number of hydrogen-bond acceptors (Lipinski definition) is 6. The number of carbonyl (C=O) groups is 1. The second-order valence-corrected chi connectivity index (χ2v) is 7.34. The Bertz CT molecular complexity index is 1310. The van der Waals surface area contributed by atoms with E-state index in [4.69, 9.17) is 9.15 Å². The van der Waals surface area contributed by atoms with Gasteiger partial charge in [0.25, 0.3) is 5.91 Å². The van der Waals surface area contributed by atoms with E-state index in [-0.39, 0.29) is 11.7 Å². The van der Waals surface area contributed by atoms with Gasteiger partial charge >= 0.3 is 0 Å². The number of nitrogens with one attached hydrogen (secondary N) is 1. The summed E-state index contributed by atoms with van der Waals surface area (Å²) in [6.07, 6.45) is 1.76. The molecule has 5 aromatic rings. The van der Waals surface area contributed by atoms with E-state index in [1.54, 1.807) is 25.4 Å². The average Bonchev–Trinajstić information content (AvgIpc) is 3.38. The Labute approximate surface area is 169 Å². The molecule has 6 nitrogen and oxygen atoms in total. The number of furan rings is 1. The zero-order valence-electron chi connectivity index (χ0n) is 15.4. The van der Waals surface area contributed by atoms with Gasteiger partial charge in [-0.3, -0.25) is 4.79 Å². The molecule has 0 aliphatic heterocycles. The minimum atomic E-state index is -0.319. The SMILES string of the molecule is COc1cccc2cc(C(=O)Nc3ccc(-c4nc5cccnc5s4)cc3)oc12. The van der Waals surface area contributed by atoms with Gasteiger partial charge in [0.05, 0.1) is 7.11 Å². The number of amides is 1. The average molecular weight is 401 g/mol. The van der Waals surface area contributed by atoms with Crippen molar-refractivity contribution in [1.82, 2.24) is 9.97 Å². The molecule has 1 N–H and O–H groups in total. The van der Waals surface area contributed by atoms with Crippen LogP contribution in [-0.2, 0) is 0 Å². The number of ether oxygens (including phenoxy) is 1. The van der Waals surface area contributed by atoms with Crippen molar-refractivity contribution in [2.45, 2.75) is 0 Å². The normalized spacial score (nSPS) is 11.1. The van der Waals surface area contributed by atoms with Gasteiger partial charge in [-0.05, 0) is 48.5 Å². The molecule has 7 heteroatoms. The molecule has 3 heterocycles. The number of aromatic nitrogens is 2. The van der Waals surface area contributed by atoms with E-state index in [0.29, 0.717) is 17.0 Å². The number of anilines is 1. The maximum Gasteiger partial charge on any atom is 0.291 e. The molecule has 0 atom stereocenters. The lowest BCUT2D eigenvalue weighted by atomic mass is 10.2. The molecule has 0 aliphatic rings. The van der Waals surface area contributed by atoms with Gasteiger partial charge in [-0.25, -0.2) is 9.97 Å². The lowest BCUT2D eigenvalue weighted by Gasteiger charge is -2.04. The second kappa shape index (κ2) is 7.03. The zero-order valence-corrected chi connectivity index (χ0v) is 16.2. The van der Waals surface area contributed by atoms with Crippen molar-refractivity contribution in [1.29, 1.82) is 0 Å². The molecular weight excluding hydrogens is 386 g/mol. The monoisotopic (exact) mass is 401 g/mol. The highest BCUT2D eigenvalue weighted by molar-refractivity contribution is 7.21. The molecule has 0 saturated carbocycles. The second-order valence-electron chi connectivity index (χ2n) is 6.37. The van der Waals surface area contributed by atoms with Crippen molar-refractivity contribution in [3.8, 4) is 16.3 Å². The maximum atomic E-state index is 12.6.